The zero-order chi connectivity index (χ0) is 26.6. The molecule has 0 aliphatic heterocycles. The molecule has 160 valence electrons. The van der Waals surface area contributed by atoms with E-state index in [4.69, 9.17) is 31.6 Å². The van der Waals surface area contributed by atoms with Gasteiger partial charge < -0.3 is 14.5 Å². The van der Waals surface area contributed by atoms with Crippen molar-refractivity contribution in [3.8, 4) is 24.3 Å². The van der Waals surface area contributed by atoms with Crippen molar-refractivity contribution in [2.45, 2.75) is 0 Å². The van der Waals surface area contributed by atoms with Crippen LogP contribution in [0.15, 0.2) is 9.59 Å². The molecule has 3 aromatic rings. The van der Waals surface area contributed by atoms with Crippen LogP contribution in [0.5, 0.6) is 0 Å². The second kappa shape index (κ2) is 9.18. The highest BCUT2D eigenvalue weighted by Crippen LogP contribution is 2.28. The summed E-state index contributed by atoms with van der Waals surface area (Å²) in [7, 11) is 0. The maximum absolute atomic E-state index is 13.0. The summed E-state index contributed by atoms with van der Waals surface area (Å²) < 4.78 is 0. The van der Waals surface area contributed by atoms with Crippen LogP contribution < -0.4 is 21.3 Å². The lowest BCUT2D eigenvalue weighted by molar-refractivity contribution is 1.09. The molecule has 36 heavy (non-hydrogen) atoms. The summed E-state index contributed by atoms with van der Waals surface area (Å²) >= 11 is 0. The molecule has 2 aromatic heterocycles. The third kappa shape index (κ3) is 3.40. The number of nitriles is 4. The normalized spacial score (nSPS) is 9.11. The quantitative estimate of drug-likeness (QED) is 0.462. The summed E-state index contributed by atoms with van der Waals surface area (Å²) in [6.45, 7) is 29.0. The van der Waals surface area contributed by atoms with E-state index in [1.807, 2.05) is 0 Å². The van der Waals surface area contributed by atoms with Crippen LogP contribution in [0.4, 0.5) is 17.6 Å². The van der Waals surface area contributed by atoms with E-state index in [0.717, 1.165) is 0 Å². The van der Waals surface area contributed by atoms with Gasteiger partial charge in [-0.15, -0.1) is 16.5 Å². The van der Waals surface area contributed by atoms with Gasteiger partial charge in [0, 0.05) is 5.56 Å². The van der Waals surface area contributed by atoms with Gasteiger partial charge in [-0.25, -0.2) is 4.85 Å². The van der Waals surface area contributed by atoms with Crippen LogP contribution in [0.2, 0.25) is 0 Å². The predicted molar refractivity (Wildman–Crippen MR) is 115 cm³/mol. The van der Waals surface area contributed by atoms with Gasteiger partial charge >= 0.3 is 11.8 Å². The molecule has 0 saturated carbocycles. The van der Waals surface area contributed by atoms with Crippen molar-refractivity contribution in [3.05, 3.63) is 105 Å². The van der Waals surface area contributed by atoms with E-state index >= 15 is 0 Å². The highest BCUT2D eigenvalue weighted by molar-refractivity contribution is 5.87. The van der Waals surface area contributed by atoms with Gasteiger partial charge in [0.25, 0.3) is 11.6 Å². The summed E-state index contributed by atoms with van der Waals surface area (Å²) in [4.78, 5) is 52.6. The first-order valence-corrected chi connectivity index (χ1v) is 8.88. The lowest BCUT2D eigenvalue weighted by Crippen LogP contribution is -2.66. The fraction of sp³-hybridized carbons (Fsp3) is 0. The molecule has 1 aromatic carbocycles. The van der Waals surface area contributed by atoms with Gasteiger partial charge in [0.2, 0.25) is 5.70 Å². The SMILES string of the molecule is [C-]#[N+]C(c1c(C#N)nc(C#N)nc1[N+]#[C-])=c1c(=O)c(=C(C#N)c2c(C#N)nc([N+]#[C-])nc2[N+]#[C-])c1=O. The second-order valence-electron chi connectivity index (χ2n) is 6.19. The van der Waals surface area contributed by atoms with E-state index in [9.17, 15) is 25.4 Å². The van der Waals surface area contributed by atoms with Crippen molar-refractivity contribution in [2.24, 2.45) is 0 Å². The maximum Gasteiger partial charge on any atom is 0.395 e. The molecule has 14 nitrogen and oxygen atoms in total. The summed E-state index contributed by atoms with van der Waals surface area (Å²) in [5, 5.41) is 35.9. The highest BCUT2D eigenvalue weighted by Gasteiger charge is 2.28. The zero-order valence-corrected chi connectivity index (χ0v) is 17.2. The van der Waals surface area contributed by atoms with Crippen molar-refractivity contribution in [3.63, 3.8) is 0 Å². The molecule has 0 aliphatic carbocycles. The smallest absolute Gasteiger partial charge is 0.388 e. The van der Waals surface area contributed by atoms with E-state index in [1.54, 1.807) is 24.3 Å². The fourth-order valence-corrected chi connectivity index (χ4v) is 3.07. The average Bonchev–Trinajstić information content (AvgIpc) is 2.92. The minimum atomic E-state index is -1.15. The van der Waals surface area contributed by atoms with Gasteiger partial charge in [-0.1, -0.05) is 18.1 Å². The molecule has 14 heteroatoms. The third-order valence-corrected chi connectivity index (χ3v) is 4.50. The van der Waals surface area contributed by atoms with Gasteiger partial charge in [-0.05, 0) is 0 Å². The zero-order valence-electron chi connectivity index (χ0n) is 17.2. The Balaban J connectivity index is 2.58. The molecular weight excluding hydrogens is 464 g/mol. The van der Waals surface area contributed by atoms with E-state index < -0.39 is 78.5 Å². The van der Waals surface area contributed by atoms with Crippen LogP contribution in [0.1, 0.15) is 28.3 Å². The van der Waals surface area contributed by atoms with Gasteiger partial charge in [-0.3, -0.25) is 9.59 Å². The lowest BCUT2D eigenvalue weighted by atomic mass is 9.97. The number of hydrogen-bond donors (Lipinski definition) is 0. The first kappa shape index (κ1) is 23.6. The third-order valence-electron chi connectivity index (χ3n) is 4.50. The van der Waals surface area contributed by atoms with Crippen molar-refractivity contribution in [2.75, 3.05) is 0 Å². The molecule has 0 atom stereocenters. The molecule has 0 N–H and O–H groups in total. The van der Waals surface area contributed by atoms with Crippen LogP contribution in [0.25, 0.3) is 30.7 Å². The molecule has 0 fully saturated rings. The van der Waals surface area contributed by atoms with Crippen LogP contribution in [0.3, 0.4) is 0 Å². The predicted octanol–water partition coefficient (Wildman–Crippen LogP) is -0.0716. The summed E-state index contributed by atoms with van der Waals surface area (Å²) in [5.41, 5.74) is -6.06. The summed E-state index contributed by atoms with van der Waals surface area (Å²) in [5.74, 6) is -2.36. The van der Waals surface area contributed by atoms with Crippen molar-refractivity contribution in [1.29, 1.82) is 21.0 Å². The Morgan fingerprint density at radius 3 is 1.75 bits per heavy atom. The Morgan fingerprint density at radius 2 is 1.28 bits per heavy atom. The van der Waals surface area contributed by atoms with Gasteiger partial charge in [0.1, 0.15) is 17.8 Å². The molecule has 2 heterocycles. The van der Waals surface area contributed by atoms with Crippen LogP contribution in [0, 0.1) is 71.6 Å². The fourth-order valence-electron chi connectivity index (χ4n) is 3.07. The van der Waals surface area contributed by atoms with Crippen LogP contribution >= 0.6 is 0 Å². The average molecular weight is 464 g/mol. The lowest BCUT2D eigenvalue weighted by Gasteiger charge is -2.07. The monoisotopic (exact) mass is 464 g/mol. The Labute approximate surface area is 199 Å². The van der Waals surface area contributed by atoms with Crippen LogP contribution in [-0.2, 0) is 0 Å². The van der Waals surface area contributed by atoms with Crippen molar-refractivity contribution >= 4 is 28.9 Å². The van der Waals surface area contributed by atoms with Crippen molar-refractivity contribution < 1.29 is 0 Å². The molecule has 0 bridgehead atoms. The first-order chi connectivity index (χ1) is 17.3. The molecule has 0 spiro atoms. The Morgan fingerprint density at radius 1 is 0.694 bits per heavy atom. The first-order valence-electron chi connectivity index (χ1n) is 8.88. The van der Waals surface area contributed by atoms with Crippen LogP contribution in [-0.4, -0.2) is 19.9 Å². The minimum absolute atomic E-state index is 0.538. The van der Waals surface area contributed by atoms with E-state index in [-0.39, 0.29) is 0 Å². The largest absolute Gasteiger partial charge is 0.395 e. The Hall–Kier alpha value is -7.10. The molecule has 3 rings (SSSR count). The molecular formula is C22N12O2. The van der Waals surface area contributed by atoms with Gasteiger partial charge in [0.15, 0.2) is 22.6 Å². The molecule has 0 radical (unpaired) electrons. The number of rotatable bonds is 2. The Bertz CT molecular complexity index is 1830. The number of nitrogens with zero attached hydrogens (tertiary/aromatic N) is 12. The molecule has 0 saturated heterocycles. The van der Waals surface area contributed by atoms with E-state index in [1.165, 1.54) is 0 Å². The van der Waals surface area contributed by atoms with Gasteiger partial charge in [-0.2, -0.15) is 26.0 Å². The second-order valence-corrected chi connectivity index (χ2v) is 6.19. The Kier molecular flexibility index (Phi) is 6.01. The maximum atomic E-state index is 13.0. The molecule has 0 amide bonds. The standard InChI is InChI=1S/C22N12O2/c1-27-17(15-11(7-25)31-12(8-26)33-21(15)29-3)16-18(35)14(19(16)36)9(5-23)13-10(6-24)32-22(30-4)34-20(13)28-2. The topological polar surface area (TPSA) is 198 Å². The minimum Gasteiger partial charge on any atom is -0.388 e. The molecule has 0 aliphatic rings. The summed E-state index contributed by atoms with van der Waals surface area (Å²) in [6, 6.07) is 6.28. The van der Waals surface area contributed by atoms with Crippen molar-refractivity contribution in [1.82, 2.24) is 19.9 Å². The number of aromatic nitrogens is 4. The highest BCUT2D eigenvalue weighted by atomic mass is 16.1. The molecule has 0 unspecified atom stereocenters. The number of hydrogen-bond acceptors (Lipinski definition) is 10. The summed E-state index contributed by atoms with van der Waals surface area (Å²) in [6.07, 6.45) is 0. The van der Waals surface area contributed by atoms with E-state index in [0.29, 0.717) is 0 Å². The van der Waals surface area contributed by atoms with Gasteiger partial charge in [0.05, 0.1) is 34.2 Å². The van der Waals surface area contributed by atoms with E-state index in [2.05, 4.69) is 39.3 Å².